The van der Waals surface area contributed by atoms with Gasteiger partial charge in [-0.2, -0.15) is 0 Å². The van der Waals surface area contributed by atoms with Gasteiger partial charge in [0.2, 0.25) is 5.91 Å². The molecule has 3 rings (SSSR count). The SMILES string of the molecule is COc1cccc(CCC(=O)Nc2nc(CN3CC(C)OC(C)C3)cs2)c1. The quantitative estimate of drug-likeness (QED) is 0.787. The molecule has 0 radical (unpaired) electrons. The van der Waals surface area contributed by atoms with Crippen LogP contribution in [0.3, 0.4) is 0 Å². The fourth-order valence-corrected chi connectivity index (χ4v) is 4.06. The summed E-state index contributed by atoms with van der Waals surface area (Å²) in [7, 11) is 1.64. The fourth-order valence-electron chi connectivity index (χ4n) is 3.35. The van der Waals surface area contributed by atoms with Gasteiger partial charge in [-0.25, -0.2) is 4.98 Å². The van der Waals surface area contributed by atoms with E-state index < -0.39 is 0 Å². The van der Waals surface area contributed by atoms with Gasteiger partial charge in [0.25, 0.3) is 0 Å². The number of methoxy groups -OCH3 is 1. The van der Waals surface area contributed by atoms with E-state index >= 15 is 0 Å². The van der Waals surface area contributed by atoms with Crippen LogP contribution in [0.5, 0.6) is 5.75 Å². The van der Waals surface area contributed by atoms with Crippen molar-refractivity contribution >= 4 is 22.4 Å². The van der Waals surface area contributed by atoms with Gasteiger partial charge in [-0.15, -0.1) is 11.3 Å². The van der Waals surface area contributed by atoms with E-state index in [1.54, 1.807) is 7.11 Å². The topological polar surface area (TPSA) is 63.7 Å². The number of morpholine rings is 1. The van der Waals surface area contributed by atoms with Crippen molar-refractivity contribution in [2.45, 2.75) is 45.4 Å². The summed E-state index contributed by atoms with van der Waals surface area (Å²) < 4.78 is 11.0. The summed E-state index contributed by atoms with van der Waals surface area (Å²) in [5.74, 6) is 0.788. The van der Waals surface area contributed by atoms with Gasteiger partial charge in [-0.3, -0.25) is 9.69 Å². The Morgan fingerprint density at radius 2 is 2.15 bits per heavy atom. The molecule has 1 fully saturated rings. The van der Waals surface area contributed by atoms with Crippen LogP contribution in [0.25, 0.3) is 0 Å². The van der Waals surface area contributed by atoms with E-state index in [1.807, 2.05) is 29.6 Å². The second-order valence-corrected chi connectivity index (χ2v) is 7.85. The number of carbonyl (C=O) groups excluding carboxylic acids is 1. The molecule has 6 nitrogen and oxygen atoms in total. The van der Waals surface area contributed by atoms with E-state index in [0.717, 1.165) is 36.6 Å². The highest BCUT2D eigenvalue weighted by atomic mass is 32.1. The summed E-state index contributed by atoms with van der Waals surface area (Å²) in [5, 5.41) is 5.59. The van der Waals surface area contributed by atoms with Crippen LogP contribution in [0.4, 0.5) is 5.13 Å². The Morgan fingerprint density at radius 1 is 1.37 bits per heavy atom. The lowest BCUT2D eigenvalue weighted by Gasteiger charge is -2.34. The van der Waals surface area contributed by atoms with Crippen molar-refractivity contribution < 1.29 is 14.3 Å². The number of ether oxygens (including phenoxy) is 2. The number of amides is 1. The first kappa shape index (κ1) is 19.8. The van der Waals surface area contributed by atoms with Crippen LogP contribution in [0.15, 0.2) is 29.6 Å². The van der Waals surface area contributed by atoms with E-state index in [1.165, 1.54) is 11.3 Å². The number of hydrogen-bond donors (Lipinski definition) is 1. The zero-order valence-electron chi connectivity index (χ0n) is 16.1. The highest BCUT2D eigenvalue weighted by molar-refractivity contribution is 7.13. The van der Waals surface area contributed by atoms with Crippen LogP contribution in [-0.4, -0.2) is 48.2 Å². The Morgan fingerprint density at radius 3 is 2.89 bits per heavy atom. The molecule has 1 N–H and O–H groups in total. The van der Waals surface area contributed by atoms with E-state index in [0.29, 0.717) is 18.0 Å². The number of hydrogen-bond acceptors (Lipinski definition) is 6. The number of rotatable bonds is 7. The predicted octanol–water partition coefficient (Wildman–Crippen LogP) is 3.33. The average Bonchev–Trinajstić information content (AvgIpc) is 3.06. The molecule has 2 heterocycles. The Balaban J connectivity index is 1.47. The summed E-state index contributed by atoms with van der Waals surface area (Å²) in [5.41, 5.74) is 2.07. The summed E-state index contributed by atoms with van der Waals surface area (Å²) in [6, 6.07) is 7.80. The monoisotopic (exact) mass is 389 g/mol. The first-order chi connectivity index (χ1) is 13.0. The van der Waals surface area contributed by atoms with Crippen molar-refractivity contribution in [3.8, 4) is 5.75 Å². The lowest BCUT2D eigenvalue weighted by molar-refractivity contribution is -0.116. The van der Waals surface area contributed by atoms with Gasteiger partial charge in [0.1, 0.15) is 5.75 Å². The van der Waals surface area contributed by atoms with Crippen LogP contribution in [0.2, 0.25) is 0 Å². The highest BCUT2D eigenvalue weighted by Gasteiger charge is 2.22. The van der Waals surface area contributed by atoms with Gasteiger partial charge in [0.05, 0.1) is 25.0 Å². The Bertz CT molecular complexity index is 754. The normalized spacial score (nSPS) is 20.4. The zero-order valence-corrected chi connectivity index (χ0v) is 16.9. The molecule has 7 heteroatoms. The third kappa shape index (κ3) is 6.02. The van der Waals surface area contributed by atoms with E-state index in [4.69, 9.17) is 9.47 Å². The zero-order chi connectivity index (χ0) is 19.2. The lowest BCUT2D eigenvalue weighted by atomic mass is 10.1. The van der Waals surface area contributed by atoms with Crippen molar-refractivity contribution in [3.05, 3.63) is 40.9 Å². The van der Waals surface area contributed by atoms with Gasteiger partial charge in [0, 0.05) is 31.4 Å². The minimum atomic E-state index is -0.0210. The fraction of sp³-hybridized carbons (Fsp3) is 0.500. The number of carbonyl (C=O) groups is 1. The van der Waals surface area contributed by atoms with Gasteiger partial charge in [0.15, 0.2) is 5.13 Å². The maximum atomic E-state index is 12.2. The predicted molar refractivity (Wildman–Crippen MR) is 107 cm³/mol. The molecular formula is C20H27N3O3S. The summed E-state index contributed by atoms with van der Waals surface area (Å²) in [6.07, 6.45) is 1.57. The van der Waals surface area contributed by atoms with Crippen LogP contribution < -0.4 is 10.1 Å². The number of anilines is 1. The molecule has 1 saturated heterocycles. The molecular weight excluding hydrogens is 362 g/mol. The first-order valence-corrected chi connectivity index (χ1v) is 10.1. The number of thiazole rings is 1. The molecule has 2 aromatic rings. The maximum absolute atomic E-state index is 12.2. The third-order valence-corrected chi connectivity index (χ3v) is 5.26. The van der Waals surface area contributed by atoms with E-state index in [9.17, 15) is 4.79 Å². The molecule has 2 unspecified atom stereocenters. The molecule has 1 aromatic carbocycles. The molecule has 2 atom stereocenters. The number of nitrogens with zero attached hydrogens (tertiary/aromatic N) is 2. The van der Waals surface area contributed by atoms with Gasteiger partial charge >= 0.3 is 0 Å². The van der Waals surface area contributed by atoms with Gasteiger partial charge in [-0.05, 0) is 38.0 Å². The minimum Gasteiger partial charge on any atom is -0.497 e. The number of benzene rings is 1. The first-order valence-electron chi connectivity index (χ1n) is 9.27. The number of aryl methyl sites for hydroxylation is 1. The van der Waals surface area contributed by atoms with Crippen LogP contribution >= 0.6 is 11.3 Å². The Kier molecular flexibility index (Phi) is 6.82. The molecule has 0 aliphatic carbocycles. The standard InChI is InChI=1S/C20H27N3O3S/c1-14-10-23(11-15(2)26-14)12-17-13-27-20(21-17)22-19(24)8-7-16-5-4-6-18(9-16)25-3/h4-6,9,13-15H,7-8,10-12H2,1-3H3,(H,21,22,24). The molecule has 27 heavy (non-hydrogen) atoms. The van der Waals surface area contributed by atoms with E-state index in [2.05, 4.69) is 29.0 Å². The molecule has 0 spiro atoms. The van der Waals surface area contributed by atoms with Crippen molar-refractivity contribution in [3.63, 3.8) is 0 Å². The summed E-state index contributed by atoms with van der Waals surface area (Å²) in [4.78, 5) is 19.1. The van der Waals surface area contributed by atoms with Crippen molar-refractivity contribution in [2.75, 3.05) is 25.5 Å². The largest absolute Gasteiger partial charge is 0.497 e. The molecule has 146 valence electrons. The number of nitrogens with one attached hydrogen (secondary N) is 1. The van der Waals surface area contributed by atoms with E-state index in [-0.39, 0.29) is 18.1 Å². The van der Waals surface area contributed by atoms with Crippen LogP contribution in [-0.2, 0) is 22.5 Å². The molecule has 1 aromatic heterocycles. The smallest absolute Gasteiger partial charge is 0.226 e. The molecule has 1 aliphatic heterocycles. The summed E-state index contributed by atoms with van der Waals surface area (Å²) >= 11 is 1.47. The van der Waals surface area contributed by atoms with Crippen molar-refractivity contribution in [2.24, 2.45) is 0 Å². The third-order valence-electron chi connectivity index (χ3n) is 4.45. The van der Waals surface area contributed by atoms with Crippen molar-refractivity contribution in [1.29, 1.82) is 0 Å². The molecule has 0 saturated carbocycles. The lowest BCUT2D eigenvalue weighted by Crippen LogP contribution is -2.44. The van der Waals surface area contributed by atoms with Gasteiger partial charge < -0.3 is 14.8 Å². The number of aromatic nitrogens is 1. The summed E-state index contributed by atoms with van der Waals surface area (Å²) in [6.45, 7) is 6.79. The minimum absolute atomic E-state index is 0.0210. The second-order valence-electron chi connectivity index (χ2n) is 7.00. The Hall–Kier alpha value is -1.96. The maximum Gasteiger partial charge on any atom is 0.226 e. The van der Waals surface area contributed by atoms with Crippen LogP contribution in [0, 0.1) is 0 Å². The molecule has 1 amide bonds. The molecule has 1 aliphatic rings. The average molecular weight is 390 g/mol. The van der Waals surface area contributed by atoms with Crippen LogP contribution in [0.1, 0.15) is 31.5 Å². The molecule has 0 bridgehead atoms. The van der Waals surface area contributed by atoms with Crippen molar-refractivity contribution in [1.82, 2.24) is 9.88 Å². The van der Waals surface area contributed by atoms with Gasteiger partial charge in [-0.1, -0.05) is 12.1 Å². The highest BCUT2D eigenvalue weighted by Crippen LogP contribution is 2.20. The second kappa shape index (κ2) is 9.30. The Labute approximate surface area is 164 Å².